The van der Waals surface area contributed by atoms with Gasteiger partial charge in [0.05, 0.1) is 0 Å². The van der Waals surface area contributed by atoms with Crippen molar-refractivity contribution in [1.82, 2.24) is 0 Å². The van der Waals surface area contributed by atoms with Gasteiger partial charge < -0.3 is 14.2 Å². The van der Waals surface area contributed by atoms with E-state index < -0.39 is 6.10 Å². The molecule has 0 aromatic heterocycles. The molecule has 0 aliphatic carbocycles. The molecule has 72 heavy (non-hydrogen) atoms. The van der Waals surface area contributed by atoms with E-state index in [1.165, 1.54) is 244 Å². The molecular formula is C66H122O6. The summed E-state index contributed by atoms with van der Waals surface area (Å²) < 4.78 is 17.0. The highest BCUT2D eigenvalue weighted by Gasteiger charge is 2.19. The number of rotatable bonds is 59. The van der Waals surface area contributed by atoms with E-state index in [0.717, 1.165) is 64.2 Å². The number of hydrogen-bond acceptors (Lipinski definition) is 6. The molecule has 0 radical (unpaired) electrons. The third-order valence-corrected chi connectivity index (χ3v) is 14.4. The van der Waals surface area contributed by atoms with Crippen LogP contribution in [0.25, 0.3) is 0 Å². The van der Waals surface area contributed by atoms with Gasteiger partial charge in [-0.3, -0.25) is 14.4 Å². The number of allylic oxidation sites excluding steroid dienone is 6. The van der Waals surface area contributed by atoms with Gasteiger partial charge in [-0.05, 0) is 77.0 Å². The van der Waals surface area contributed by atoms with Crippen LogP contribution >= 0.6 is 0 Å². The summed E-state index contributed by atoms with van der Waals surface area (Å²) >= 11 is 0. The lowest BCUT2D eigenvalue weighted by molar-refractivity contribution is -0.167. The second-order valence-corrected chi connectivity index (χ2v) is 21.7. The molecule has 0 saturated carbocycles. The van der Waals surface area contributed by atoms with Crippen LogP contribution in [0.2, 0.25) is 0 Å². The smallest absolute Gasteiger partial charge is 0.306 e. The molecule has 0 bridgehead atoms. The Labute approximate surface area is 448 Å². The molecular weight excluding hydrogens is 889 g/mol. The maximum absolute atomic E-state index is 12.9. The largest absolute Gasteiger partial charge is 0.462 e. The van der Waals surface area contributed by atoms with Gasteiger partial charge in [0.2, 0.25) is 0 Å². The molecule has 0 heterocycles. The number of hydrogen-bond donors (Lipinski definition) is 0. The van der Waals surface area contributed by atoms with Crippen molar-refractivity contribution >= 4 is 17.9 Å². The van der Waals surface area contributed by atoms with Crippen molar-refractivity contribution in [2.24, 2.45) is 0 Å². The quantitative estimate of drug-likeness (QED) is 0.0261. The van der Waals surface area contributed by atoms with E-state index in [1.54, 1.807) is 0 Å². The third-order valence-electron chi connectivity index (χ3n) is 14.4. The Balaban J connectivity index is 4.34. The predicted molar refractivity (Wildman–Crippen MR) is 312 cm³/mol. The minimum Gasteiger partial charge on any atom is -0.462 e. The fourth-order valence-corrected chi connectivity index (χ4v) is 9.53. The lowest BCUT2D eigenvalue weighted by Gasteiger charge is -2.18. The Morgan fingerprint density at radius 2 is 0.500 bits per heavy atom. The third kappa shape index (κ3) is 58.5. The lowest BCUT2D eigenvalue weighted by Crippen LogP contribution is -2.30. The summed E-state index contributed by atoms with van der Waals surface area (Å²) in [4.78, 5) is 38.3. The van der Waals surface area contributed by atoms with E-state index in [0.29, 0.717) is 19.3 Å². The van der Waals surface area contributed by atoms with Crippen LogP contribution in [-0.4, -0.2) is 37.2 Å². The molecule has 0 aromatic rings. The van der Waals surface area contributed by atoms with Crippen LogP contribution in [0.4, 0.5) is 0 Å². The number of esters is 3. The van der Waals surface area contributed by atoms with Crippen molar-refractivity contribution in [3.05, 3.63) is 36.5 Å². The molecule has 0 N–H and O–H groups in total. The number of unbranched alkanes of at least 4 members (excludes halogenated alkanes) is 42. The first-order valence-electron chi connectivity index (χ1n) is 32.0. The van der Waals surface area contributed by atoms with E-state index in [-0.39, 0.29) is 31.1 Å². The molecule has 0 spiro atoms. The Morgan fingerprint density at radius 1 is 0.278 bits per heavy atom. The molecule has 0 aromatic carbocycles. The van der Waals surface area contributed by atoms with Gasteiger partial charge >= 0.3 is 17.9 Å². The van der Waals surface area contributed by atoms with Crippen LogP contribution in [0.5, 0.6) is 0 Å². The zero-order chi connectivity index (χ0) is 52.2. The maximum atomic E-state index is 12.9. The van der Waals surface area contributed by atoms with Gasteiger partial charge in [-0.2, -0.15) is 0 Å². The van der Waals surface area contributed by atoms with Crippen LogP contribution in [0.1, 0.15) is 348 Å². The van der Waals surface area contributed by atoms with E-state index in [1.807, 2.05) is 0 Å². The van der Waals surface area contributed by atoms with Gasteiger partial charge in [-0.1, -0.05) is 288 Å². The first-order valence-corrected chi connectivity index (χ1v) is 32.0. The number of ether oxygens (including phenoxy) is 3. The van der Waals surface area contributed by atoms with Crippen molar-refractivity contribution in [1.29, 1.82) is 0 Å². The average Bonchev–Trinajstić information content (AvgIpc) is 3.38. The highest BCUT2D eigenvalue weighted by atomic mass is 16.6. The summed E-state index contributed by atoms with van der Waals surface area (Å²) in [6.07, 6.45) is 74.2. The Morgan fingerprint density at radius 3 is 0.806 bits per heavy atom. The first kappa shape index (κ1) is 69.6. The van der Waals surface area contributed by atoms with Crippen LogP contribution < -0.4 is 0 Å². The van der Waals surface area contributed by atoms with E-state index >= 15 is 0 Å². The molecule has 422 valence electrons. The highest BCUT2D eigenvalue weighted by molar-refractivity contribution is 5.71. The normalized spacial score (nSPS) is 12.2. The highest BCUT2D eigenvalue weighted by Crippen LogP contribution is 2.17. The standard InChI is InChI=1S/C66H122O6/c1-4-7-10-13-16-19-22-25-28-31-33-35-38-41-44-47-50-53-56-59-65(68)71-62-63(61-70-64(67)58-55-52-49-46-43-40-37-30-27-24-21-18-15-12-9-6-3)72-66(69)60-57-54-51-48-45-42-39-36-34-32-29-26-23-20-17-14-11-8-5-2/h16,19,25-26,28-29,63H,4-15,17-18,20-24,27,30-62H2,1-3H3/b19-16+,28-25+,29-26+/t63-/m1/s1. The van der Waals surface area contributed by atoms with Crippen molar-refractivity contribution in [2.75, 3.05) is 13.2 Å². The lowest BCUT2D eigenvalue weighted by atomic mass is 10.0. The molecule has 0 aliphatic heterocycles. The van der Waals surface area contributed by atoms with Gasteiger partial charge in [-0.25, -0.2) is 0 Å². The molecule has 1 atom stereocenters. The summed E-state index contributed by atoms with van der Waals surface area (Å²) in [6.45, 7) is 6.67. The van der Waals surface area contributed by atoms with Gasteiger partial charge in [0.25, 0.3) is 0 Å². The zero-order valence-electron chi connectivity index (χ0n) is 48.5. The van der Waals surface area contributed by atoms with Crippen molar-refractivity contribution < 1.29 is 28.6 Å². The van der Waals surface area contributed by atoms with Crippen LogP contribution in [0, 0.1) is 0 Å². The van der Waals surface area contributed by atoms with E-state index in [4.69, 9.17) is 14.2 Å². The monoisotopic (exact) mass is 1010 g/mol. The molecule has 0 aliphatic rings. The molecule has 6 nitrogen and oxygen atoms in total. The Hall–Kier alpha value is -2.37. The van der Waals surface area contributed by atoms with Crippen molar-refractivity contribution in [3.63, 3.8) is 0 Å². The van der Waals surface area contributed by atoms with E-state index in [9.17, 15) is 14.4 Å². The molecule has 0 amide bonds. The van der Waals surface area contributed by atoms with Gasteiger partial charge in [0, 0.05) is 19.3 Å². The molecule has 0 rings (SSSR count). The first-order chi connectivity index (χ1) is 35.5. The second kappa shape index (κ2) is 61.2. The summed E-state index contributed by atoms with van der Waals surface area (Å²) in [5.41, 5.74) is 0. The average molecular weight is 1010 g/mol. The zero-order valence-corrected chi connectivity index (χ0v) is 48.5. The maximum Gasteiger partial charge on any atom is 0.306 e. The summed E-state index contributed by atoms with van der Waals surface area (Å²) in [5.74, 6) is -0.852. The molecule has 6 heteroatoms. The topological polar surface area (TPSA) is 78.9 Å². The summed E-state index contributed by atoms with van der Waals surface area (Å²) in [7, 11) is 0. The number of carbonyl (C=O) groups is 3. The van der Waals surface area contributed by atoms with Crippen molar-refractivity contribution in [2.45, 2.75) is 354 Å². The van der Waals surface area contributed by atoms with E-state index in [2.05, 4.69) is 57.2 Å². The number of carbonyl (C=O) groups excluding carboxylic acids is 3. The van der Waals surface area contributed by atoms with Crippen molar-refractivity contribution in [3.8, 4) is 0 Å². The summed E-state index contributed by atoms with van der Waals surface area (Å²) in [5, 5.41) is 0. The van der Waals surface area contributed by atoms with Gasteiger partial charge in [0.15, 0.2) is 6.10 Å². The van der Waals surface area contributed by atoms with Gasteiger partial charge in [0.1, 0.15) is 13.2 Å². The molecule has 0 saturated heterocycles. The van der Waals surface area contributed by atoms with Crippen LogP contribution in [0.3, 0.4) is 0 Å². The minimum absolute atomic E-state index is 0.0697. The predicted octanol–water partition coefficient (Wildman–Crippen LogP) is 21.6. The molecule has 0 unspecified atom stereocenters. The van der Waals surface area contributed by atoms with Crippen LogP contribution in [0.15, 0.2) is 36.5 Å². The van der Waals surface area contributed by atoms with Gasteiger partial charge in [-0.15, -0.1) is 0 Å². The minimum atomic E-state index is -0.773. The fourth-order valence-electron chi connectivity index (χ4n) is 9.53. The summed E-state index contributed by atoms with van der Waals surface area (Å²) in [6, 6.07) is 0. The SMILES string of the molecule is CCCCC/C=C/C/C=C/CCCCCCCCCCCC(=O)OC[C@@H](COC(=O)CCCCCCCCCCCCCCCCCC)OC(=O)CCCCCCCCCCC/C=C/CCCCCCCC. The fraction of sp³-hybridized carbons (Fsp3) is 0.864. The second-order valence-electron chi connectivity index (χ2n) is 21.7. The Kier molecular flexibility index (Phi) is 59.2. The Bertz CT molecular complexity index is 1210. The molecule has 0 fully saturated rings. The van der Waals surface area contributed by atoms with Crippen LogP contribution in [-0.2, 0) is 28.6 Å².